The van der Waals surface area contributed by atoms with Gasteiger partial charge in [-0.3, -0.25) is 0 Å². The third-order valence-electron chi connectivity index (χ3n) is 3.02. The average molecular weight is 341 g/mol. The molecule has 4 nitrogen and oxygen atoms in total. The first kappa shape index (κ1) is 16.5. The van der Waals surface area contributed by atoms with E-state index in [1.165, 1.54) is 7.11 Å². The normalized spacial score (nSPS) is 11.8. The number of halogens is 2. The van der Waals surface area contributed by atoms with Gasteiger partial charge in [0.05, 0.1) is 7.11 Å². The molecule has 2 rings (SSSR count). The first-order valence-corrected chi connectivity index (χ1v) is 7.22. The van der Waals surface area contributed by atoms with Crippen molar-refractivity contribution >= 4 is 29.2 Å². The monoisotopic (exact) mass is 340 g/mol. The maximum absolute atomic E-state index is 11.4. The molecule has 22 heavy (non-hydrogen) atoms. The minimum atomic E-state index is -1.08. The lowest BCUT2D eigenvalue weighted by molar-refractivity contribution is -0.145. The number of ether oxygens (including phenoxy) is 2. The van der Waals surface area contributed by atoms with Gasteiger partial charge in [-0.25, -0.2) is 4.79 Å². The van der Waals surface area contributed by atoms with E-state index in [-0.39, 0.29) is 6.42 Å². The summed E-state index contributed by atoms with van der Waals surface area (Å²) in [5, 5.41) is 10.2. The Kier molecular flexibility index (Phi) is 5.52. The van der Waals surface area contributed by atoms with Gasteiger partial charge in [0.2, 0.25) is 0 Å². The van der Waals surface area contributed by atoms with Gasteiger partial charge in [-0.05, 0) is 29.8 Å². The molecule has 6 heteroatoms. The van der Waals surface area contributed by atoms with Crippen LogP contribution in [-0.4, -0.2) is 24.3 Å². The van der Waals surface area contributed by atoms with E-state index in [0.717, 1.165) is 0 Å². The van der Waals surface area contributed by atoms with Crippen molar-refractivity contribution in [3.05, 3.63) is 58.1 Å². The summed E-state index contributed by atoms with van der Waals surface area (Å²) in [6.45, 7) is 0. The molecule has 0 unspecified atom stereocenters. The molecule has 0 fully saturated rings. The molecular formula is C16H14Cl2O4. The van der Waals surface area contributed by atoms with Crippen LogP contribution in [0, 0.1) is 0 Å². The summed E-state index contributed by atoms with van der Waals surface area (Å²) in [5.74, 6) is -0.0724. The van der Waals surface area contributed by atoms with Gasteiger partial charge in [0, 0.05) is 22.5 Å². The Morgan fingerprint density at radius 1 is 1.18 bits per heavy atom. The fourth-order valence-electron chi connectivity index (χ4n) is 1.91. The van der Waals surface area contributed by atoms with E-state index in [1.54, 1.807) is 42.5 Å². The molecule has 2 aromatic carbocycles. The maximum Gasteiger partial charge on any atom is 0.345 e. The van der Waals surface area contributed by atoms with E-state index >= 15 is 0 Å². The summed E-state index contributed by atoms with van der Waals surface area (Å²) in [7, 11) is 1.53. The molecule has 0 aliphatic heterocycles. The highest BCUT2D eigenvalue weighted by atomic mass is 35.5. The van der Waals surface area contributed by atoms with Crippen LogP contribution in [0.2, 0.25) is 10.0 Å². The van der Waals surface area contributed by atoms with Crippen LogP contribution in [-0.2, 0) is 11.2 Å². The molecule has 0 radical (unpaired) electrons. The van der Waals surface area contributed by atoms with Crippen LogP contribution in [0.25, 0.3) is 0 Å². The summed E-state index contributed by atoms with van der Waals surface area (Å²) >= 11 is 11.9. The minimum Gasteiger partial charge on any atom is -0.497 e. The van der Waals surface area contributed by atoms with Crippen molar-refractivity contribution in [1.29, 1.82) is 0 Å². The van der Waals surface area contributed by atoms with E-state index in [1.807, 2.05) is 0 Å². The number of carboxylic acids is 1. The molecule has 0 bridgehead atoms. The van der Waals surface area contributed by atoms with Gasteiger partial charge in [0.15, 0.2) is 6.10 Å². The van der Waals surface area contributed by atoms with Gasteiger partial charge in [-0.15, -0.1) is 0 Å². The third kappa shape index (κ3) is 4.29. The highest BCUT2D eigenvalue weighted by Crippen LogP contribution is 2.25. The van der Waals surface area contributed by atoms with Gasteiger partial charge < -0.3 is 14.6 Å². The van der Waals surface area contributed by atoms with E-state index in [0.29, 0.717) is 27.1 Å². The Morgan fingerprint density at radius 3 is 2.55 bits per heavy atom. The molecule has 0 amide bonds. The lowest BCUT2D eigenvalue weighted by atomic mass is 10.1. The Bertz CT molecular complexity index is 673. The molecule has 116 valence electrons. The Hall–Kier alpha value is -1.91. The fourth-order valence-corrected chi connectivity index (χ4v) is 2.39. The SMILES string of the molecule is COc1cccc(O[C@@H](Cc2ccc(Cl)cc2Cl)C(=O)O)c1. The van der Waals surface area contributed by atoms with Crippen molar-refractivity contribution in [2.45, 2.75) is 12.5 Å². The highest BCUT2D eigenvalue weighted by molar-refractivity contribution is 6.35. The van der Waals surface area contributed by atoms with Crippen LogP contribution < -0.4 is 9.47 Å². The lowest BCUT2D eigenvalue weighted by Gasteiger charge is -2.16. The van der Waals surface area contributed by atoms with Gasteiger partial charge in [-0.2, -0.15) is 0 Å². The van der Waals surface area contributed by atoms with E-state index in [2.05, 4.69) is 0 Å². The van der Waals surface area contributed by atoms with Crippen molar-refractivity contribution in [2.24, 2.45) is 0 Å². The molecule has 0 saturated carbocycles. The van der Waals surface area contributed by atoms with Gasteiger partial charge in [0.1, 0.15) is 11.5 Å². The average Bonchev–Trinajstić information content (AvgIpc) is 2.49. The Labute approximate surface area is 138 Å². The quantitative estimate of drug-likeness (QED) is 0.860. The molecule has 0 aliphatic carbocycles. The maximum atomic E-state index is 11.4. The fraction of sp³-hybridized carbons (Fsp3) is 0.188. The zero-order chi connectivity index (χ0) is 16.1. The number of methoxy groups -OCH3 is 1. The van der Waals surface area contributed by atoms with Crippen molar-refractivity contribution < 1.29 is 19.4 Å². The van der Waals surface area contributed by atoms with Gasteiger partial charge >= 0.3 is 5.97 Å². The third-order valence-corrected chi connectivity index (χ3v) is 3.60. The minimum absolute atomic E-state index is 0.128. The molecule has 2 aromatic rings. The number of carbonyl (C=O) groups is 1. The molecular weight excluding hydrogens is 327 g/mol. The first-order chi connectivity index (χ1) is 10.5. The van der Waals surface area contributed by atoms with E-state index in [9.17, 15) is 9.90 Å². The molecule has 0 aromatic heterocycles. The van der Waals surface area contributed by atoms with Gasteiger partial charge in [0.25, 0.3) is 0 Å². The zero-order valence-electron chi connectivity index (χ0n) is 11.8. The molecule has 0 heterocycles. The molecule has 1 N–H and O–H groups in total. The van der Waals surface area contributed by atoms with Crippen LogP contribution in [0.5, 0.6) is 11.5 Å². The smallest absolute Gasteiger partial charge is 0.345 e. The van der Waals surface area contributed by atoms with Crippen molar-refractivity contribution in [3.8, 4) is 11.5 Å². The topological polar surface area (TPSA) is 55.8 Å². The number of hydrogen-bond acceptors (Lipinski definition) is 3. The summed E-state index contributed by atoms with van der Waals surface area (Å²) in [6, 6.07) is 11.7. The van der Waals surface area contributed by atoms with Crippen LogP contribution in [0.4, 0.5) is 0 Å². The zero-order valence-corrected chi connectivity index (χ0v) is 13.3. The Morgan fingerprint density at radius 2 is 1.91 bits per heavy atom. The molecule has 0 aliphatic rings. The summed E-state index contributed by atoms with van der Waals surface area (Å²) in [6.07, 6.45) is -0.937. The summed E-state index contributed by atoms with van der Waals surface area (Å²) in [4.78, 5) is 11.4. The summed E-state index contributed by atoms with van der Waals surface area (Å²) < 4.78 is 10.6. The first-order valence-electron chi connectivity index (χ1n) is 6.47. The summed E-state index contributed by atoms with van der Waals surface area (Å²) in [5.41, 5.74) is 0.654. The molecule has 0 spiro atoms. The second kappa shape index (κ2) is 7.38. The second-order valence-corrected chi connectivity index (χ2v) is 5.41. The number of aliphatic carboxylic acids is 1. The highest BCUT2D eigenvalue weighted by Gasteiger charge is 2.21. The molecule has 1 atom stereocenters. The second-order valence-electron chi connectivity index (χ2n) is 4.56. The van der Waals surface area contributed by atoms with Gasteiger partial charge in [-0.1, -0.05) is 35.3 Å². The Balaban J connectivity index is 2.17. The standard InChI is InChI=1S/C16H14Cl2O4/c1-21-12-3-2-4-13(9-12)22-15(16(19)20)7-10-5-6-11(17)8-14(10)18/h2-6,8-9,15H,7H2,1H3,(H,19,20)/t15-/m0/s1. The number of benzene rings is 2. The lowest BCUT2D eigenvalue weighted by Crippen LogP contribution is -2.29. The predicted molar refractivity (Wildman–Crippen MR) is 85.2 cm³/mol. The van der Waals surface area contributed by atoms with Crippen LogP contribution in [0.3, 0.4) is 0 Å². The van der Waals surface area contributed by atoms with E-state index < -0.39 is 12.1 Å². The number of carboxylic acid groups (broad SMARTS) is 1. The van der Waals surface area contributed by atoms with Crippen LogP contribution in [0.1, 0.15) is 5.56 Å². The molecule has 0 saturated heterocycles. The van der Waals surface area contributed by atoms with Crippen molar-refractivity contribution in [1.82, 2.24) is 0 Å². The predicted octanol–water partition coefficient (Wildman–Crippen LogP) is 4.08. The number of hydrogen-bond donors (Lipinski definition) is 1. The van der Waals surface area contributed by atoms with Crippen molar-refractivity contribution in [2.75, 3.05) is 7.11 Å². The van der Waals surface area contributed by atoms with E-state index in [4.69, 9.17) is 32.7 Å². The van der Waals surface area contributed by atoms with Crippen LogP contribution >= 0.6 is 23.2 Å². The van der Waals surface area contributed by atoms with Crippen LogP contribution in [0.15, 0.2) is 42.5 Å². The largest absolute Gasteiger partial charge is 0.497 e. The number of rotatable bonds is 6. The van der Waals surface area contributed by atoms with Crippen molar-refractivity contribution in [3.63, 3.8) is 0 Å².